The molecule has 114 valence electrons. The molecule has 0 aliphatic heterocycles. The largest absolute Gasteiger partial charge is 0.352 e. The lowest BCUT2D eigenvalue weighted by Gasteiger charge is -2.07. The van der Waals surface area contributed by atoms with Crippen molar-refractivity contribution in [3.63, 3.8) is 0 Å². The molecule has 2 aromatic rings. The lowest BCUT2D eigenvalue weighted by molar-refractivity contribution is -0.117. The number of amides is 1. The molecule has 0 unspecified atom stereocenters. The fraction of sp³-hybridized carbons (Fsp3) is 0.250. The van der Waals surface area contributed by atoms with Crippen LogP contribution in [0, 0.1) is 13.8 Å². The number of aryl methyl sites for hydroxylation is 2. The van der Waals surface area contributed by atoms with E-state index in [-0.39, 0.29) is 5.91 Å². The van der Waals surface area contributed by atoms with Crippen molar-refractivity contribution in [3.05, 3.63) is 76.4 Å². The molecule has 0 aliphatic rings. The number of nitrogens with one attached hydrogen (secondary N) is 1. The maximum absolute atomic E-state index is 12.2. The maximum atomic E-state index is 12.2. The van der Waals surface area contributed by atoms with Gasteiger partial charge in [0.05, 0.1) is 0 Å². The first kappa shape index (κ1) is 16.0. The first-order valence-electron chi connectivity index (χ1n) is 7.64. The minimum absolute atomic E-state index is 0.00293. The summed E-state index contributed by atoms with van der Waals surface area (Å²) >= 11 is 0. The van der Waals surface area contributed by atoms with Gasteiger partial charge in [0.2, 0.25) is 5.91 Å². The lowest BCUT2D eigenvalue weighted by atomic mass is 10.0. The van der Waals surface area contributed by atoms with Gasteiger partial charge in [-0.2, -0.15) is 0 Å². The predicted octanol–water partition coefficient (Wildman–Crippen LogP) is 4.07. The zero-order chi connectivity index (χ0) is 15.9. The van der Waals surface area contributed by atoms with E-state index in [1.165, 1.54) is 16.7 Å². The molecule has 2 aromatic carbocycles. The van der Waals surface area contributed by atoms with E-state index in [1.54, 1.807) is 0 Å². The maximum Gasteiger partial charge on any atom is 0.246 e. The molecule has 2 heteroatoms. The van der Waals surface area contributed by atoms with E-state index in [2.05, 4.69) is 49.5 Å². The first-order valence-corrected chi connectivity index (χ1v) is 7.64. The van der Waals surface area contributed by atoms with Crippen LogP contribution in [0.4, 0.5) is 0 Å². The molecule has 2 nitrogen and oxygen atoms in total. The molecule has 0 saturated carbocycles. The predicted molar refractivity (Wildman–Crippen MR) is 92.7 cm³/mol. The molecule has 2 rings (SSSR count). The van der Waals surface area contributed by atoms with Gasteiger partial charge in [-0.25, -0.2) is 0 Å². The molecule has 0 radical (unpaired) electrons. The molecule has 0 bridgehead atoms. The van der Waals surface area contributed by atoms with Crippen molar-refractivity contribution in [3.8, 4) is 0 Å². The quantitative estimate of drug-likeness (QED) is 0.827. The zero-order valence-electron chi connectivity index (χ0n) is 13.5. The van der Waals surface area contributed by atoms with E-state index in [4.69, 9.17) is 0 Å². The fourth-order valence-electron chi connectivity index (χ4n) is 2.32. The molecule has 0 aromatic heterocycles. The van der Waals surface area contributed by atoms with E-state index < -0.39 is 0 Å². The molecule has 0 aliphatic carbocycles. The molecule has 0 heterocycles. The van der Waals surface area contributed by atoms with Crippen LogP contribution in [0.5, 0.6) is 0 Å². The van der Waals surface area contributed by atoms with E-state index in [0.717, 1.165) is 17.6 Å². The number of carbonyl (C=O) groups excluding carboxylic acids is 1. The van der Waals surface area contributed by atoms with E-state index in [1.807, 2.05) is 31.2 Å². The van der Waals surface area contributed by atoms with Crippen LogP contribution in [0.3, 0.4) is 0 Å². The Morgan fingerprint density at radius 2 is 1.82 bits per heavy atom. The van der Waals surface area contributed by atoms with Gasteiger partial charge in [0.15, 0.2) is 0 Å². The van der Waals surface area contributed by atoms with Gasteiger partial charge in [-0.3, -0.25) is 4.79 Å². The molecule has 0 spiro atoms. The standard InChI is InChI=1S/C20H23NO/c1-15-9-10-16(2)19(13-15)14-17(3)20(22)21-12-11-18-7-5-4-6-8-18/h4-10,13-14H,11-12H2,1-3H3,(H,21,22)/b17-14+. The third-order valence-corrected chi connectivity index (χ3v) is 3.71. The smallest absolute Gasteiger partial charge is 0.246 e. The third-order valence-electron chi connectivity index (χ3n) is 3.71. The van der Waals surface area contributed by atoms with Crippen molar-refractivity contribution in [2.45, 2.75) is 27.2 Å². The number of hydrogen-bond acceptors (Lipinski definition) is 1. The minimum Gasteiger partial charge on any atom is -0.352 e. The van der Waals surface area contributed by atoms with Crippen LogP contribution in [0.15, 0.2) is 54.1 Å². The molecule has 22 heavy (non-hydrogen) atoms. The molecule has 0 fully saturated rings. The van der Waals surface area contributed by atoms with Crippen LogP contribution in [0.1, 0.15) is 29.2 Å². The van der Waals surface area contributed by atoms with Crippen LogP contribution in [-0.4, -0.2) is 12.5 Å². The fourth-order valence-corrected chi connectivity index (χ4v) is 2.32. The Bertz CT molecular complexity index is 671. The highest BCUT2D eigenvalue weighted by atomic mass is 16.1. The van der Waals surface area contributed by atoms with Crippen molar-refractivity contribution in [2.24, 2.45) is 0 Å². The van der Waals surface area contributed by atoms with E-state index in [9.17, 15) is 4.79 Å². The summed E-state index contributed by atoms with van der Waals surface area (Å²) in [5.41, 5.74) is 5.47. The zero-order valence-corrected chi connectivity index (χ0v) is 13.5. The lowest BCUT2D eigenvalue weighted by Crippen LogP contribution is -2.26. The van der Waals surface area contributed by atoms with Crippen molar-refractivity contribution in [2.75, 3.05) is 6.54 Å². The number of hydrogen-bond donors (Lipinski definition) is 1. The second-order valence-corrected chi connectivity index (χ2v) is 5.68. The van der Waals surface area contributed by atoms with Gasteiger partial charge in [0.1, 0.15) is 0 Å². The molecular formula is C20H23NO. The van der Waals surface area contributed by atoms with Crippen molar-refractivity contribution in [1.29, 1.82) is 0 Å². The average Bonchev–Trinajstić information content (AvgIpc) is 2.52. The molecular weight excluding hydrogens is 270 g/mol. The molecule has 0 atom stereocenters. The van der Waals surface area contributed by atoms with Crippen LogP contribution < -0.4 is 5.32 Å². The van der Waals surface area contributed by atoms with Gasteiger partial charge < -0.3 is 5.32 Å². The number of carbonyl (C=O) groups is 1. The Labute approximate surface area is 132 Å². The van der Waals surface area contributed by atoms with Crippen molar-refractivity contribution in [1.82, 2.24) is 5.32 Å². The third kappa shape index (κ3) is 4.59. The summed E-state index contributed by atoms with van der Waals surface area (Å²) in [7, 11) is 0. The summed E-state index contributed by atoms with van der Waals surface area (Å²) < 4.78 is 0. The highest BCUT2D eigenvalue weighted by Gasteiger charge is 2.05. The monoisotopic (exact) mass is 293 g/mol. The summed E-state index contributed by atoms with van der Waals surface area (Å²) in [6, 6.07) is 16.5. The topological polar surface area (TPSA) is 29.1 Å². The van der Waals surface area contributed by atoms with Gasteiger partial charge in [0.25, 0.3) is 0 Å². The van der Waals surface area contributed by atoms with Crippen LogP contribution in [-0.2, 0) is 11.2 Å². The second-order valence-electron chi connectivity index (χ2n) is 5.68. The van der Waals surface area contributed by atoms with Crippen molar-refractivity contribution >= 4 is 12.0 Å². The van der Waals surface area contributed by atoms with E-state index in [0.29, 0.717) is 6.54 Å². The Morgan fingerprint density at radius 1 is 1.09 bits per heavy atom. The Hall–Kier alpha value is -2.35. The summed E-state index contributed by atoms with van der Waals surface area (Å²) in [4.78, 5) is 12.2. The van der Waals surface area contributed by atoms with E-state index >= 15 is 0 Å². The van der Waals surface area contributed by atoms with Gasteiger partial charge in [-0.15, -0.1) is 0 Å². The summed E-state index contributed by atoms with van der Waals surface area (Å²) in [6.07, 6.45) is 2.81. The Balaban J connectivity index is 1.94. The minimum atomic E-state index is -0.00293. The number of benzene rings is 2. The second kappa shape index (κ2) is 7.60. The Morgan fingerprint density at radius 3 is 2.55 bits per heavy atom. The van der Waals surface area contributed by atoms with Crippen molar-refractivity contribution < 1.29 is 4.79 Å². The molecule has 1 amide bonds. The highest BCUT2D eigenvalue weighted by molar-refractivity contribution is 5.97. The number of rotatable bonds is 5. The molecule has 1 N–H and O–H groups in total. The van der Waals surface area contributed by atoms with Gasteiger partial charge in [-0.05, 0) is 50.0 Å². The van der Waals surface area contributed by atoms with Crippen LogP contribution >= 0.6 is 0 Å². The summed E-state index contributed by atoms with van der Waals surface area (Å²) in [6.45, 7) is 6.64. The van der Waals surface area contributed by atoms with Crippen LogP contribution in [0.25, 0.3) is 6.08 Å². The summed E-state index contributed by atoms with van der Waals surface area (Å²) in [5.74, 6) is -0.00293. The first-order chi connectivity index (χ1) is 10.6. The van der Waals surface area contributed by atoms with Gasteiger partial charge >= 0.3 is 0 Å². The van der Waals surface area contributed by atoms with Gasteiger partial charge in [0, 0.05) is 12.1 Å². The summed E-state index contributed by atoms with van der Waals surface area (Å²) in [5, 5.41) is 2.98. The average molecular weight is 293 g/mol. The molecule has 0 saturated heterocycles. The Kier molecular flexibility index (Phi) is 5.54. The van der Waals surface area contributed by atoms with Crippen LogP contribution in [0.2, 0.25) is 0 Å². The normalized spacial score (nSPS) is 11.3. The SMILES string of the molecule is C/C(=C\c1cc(C)ccc1C)C(=O)NCCc1ccccc1. The highest BCUT2D eigenvalue weighted by Crippen LogP contribution is 2.14. The van der Waals surface area contributed by atoms with Gasteiger partial charge in [-0.1, -0.05) is 54.1 Å².